The number of hydrogen-bond acceptors (Lipinski definition) is 3. The van der Waals surface area contributed by atoms with Gasteiger partial charge in [0.1, 0.15) is 6.54 Å². The van der Waals surface area contributed by atoms with E-state index in [1.807, 2.05) is 26.0 Å². The predicted molar refractivity (Wildman–Crippen MR) is 105 cm³/mol. The molecule has 2 aromatic rings. The smallest absolute Gasteiger partial charge is 0.245 e. The van der Waals surface area contributed by atoms with Gasteiger partial charge in [-0.25, -0.2) is 8.42 Å². The average molecular weight is 425 g/mol. The molecule has 25 heavy (non-hydrogen) atoms. The second-order valence-corrected chi connectivity index (χ2v) is 8.86. The van der Waals surface area contributed by atoms with Crippen molar-refractivity contribution >= 4 is 43.2 Å². The molecule has 5 nitrogen and oxygen atoms in total. The van der Waals surface area contributed by atoms with Crippen LogP contribution in [0.2, 0.25) is 0 Å². The van der Waals surface area contributed by atoms with E-state index in [4.69, 9.17) is 0 Å². The molecule has 0 atom stereocenters. The van der Waals surface area contributed by atoms with Gasteiger partial charge in [0.05, 0.1) is 11.9 Å². The number of halogens is 1. The van der Waals surface area contributed by atoms with Crippen molar-refractivity contribution < 1.29 is 13.2 Å². The fraction of sp³-hybridized carbons (Fsp3) is 0.278. The normalized spacial score (nSPS) is 11.4. The van der Waals surface area contributed by atoms with E-state index in [0.717, 1.165) is 20.6 Å². The van der Waals surface area contributed by atoms with E-state index < -0.39 is 15.9 Å². The van der Waals surface area contributed by atoms with Gasteiger partial charge in [0.25, 0.3) is 0 Å². The second kappa shape index (κ2) is 8.01. The Morgan fingerprint density at radius 1 is 1.12 bits per heavy atom. The van der Waals surface area contributed by atoms with Crippen LogP contribution < -0.4 is 9.62 Å². The molecule has 134 valence electrons. The lowest BCUT2D eigenvalue weighted by atomic mass is 10.0. The Morgan fingerprint density at radius 2 is 1.72 bits per heavy atom. The van der Waals surface area contributed by atoms with Crippen LogP contribution in [-0.4, -0.2) is 27.1 Å². The van der Waals surface area contributed by atoms with Crippen molar-refractivity contribution in [2.45, 2.75) is 19.8 Å². The molecule has 0 heterocycles. The number of hydrogen-bond donors (Lipinski definition) is 1. The summed E-state index contributed by atoms with van der Waals surface area (Å²) in [4.78, 5) is 12.4. The highest BCUT2D eigenvalue weighted by Crippen LogP contribution is 2.29. The van der Waals surface area contributed by atoms with Crippen LogP contribution in [0.4, 0.5) is 11.4 Å². The first kappa shape index (κ1) is 19.5. The molecule has 0 aliphatic carbocycles. The summed E-state index contributed by atoms with van der Waals surface area (Å²) in [6.07, 6.45) is 1.11. The van der Waals surface area contributed by atoms with Gasteiger partial charge >= 0.3 is 0 Å². The zero-order chi connectivity index (χ0) is 18.6. The van der Waals surface area contributed by atoms with Gasteiger partial charge in [-0.05, 0) is 41.8 Å². The molecule has 0 fully saturated rings. The quantitative estimate of drug-likeness (QED) is 0.762. The van der Waals surface area contributed by atoms with Crippen molar-refractivity contribution in [1.29, 1.82) is 0 Å². The average Bonchev–Trinajstić information content (AvgIpc) is 2.54. The number of anilines is 2. The number of rotatable bonds is 6. The lowest BCUT2D eigenvalue weighted by Gasteiger charge is -2.25. The molecule has 0 radical (unpaired) electrons. The third-order valence-electron chi connectivity index (χ3n) is 3.64. The lowest BCUT2D eigenvalue weighted by Crippen LogP contribution is -2.38. The van der Waals surface area contributed by atoms with Gasteiger partial charge in [-0.2, -0.15) is 0 Å². The molecule has 0 spiro atoms. The standard InChI is InChI=1S/C18H21BrN2O3S/c1-13(2)16-6-4-5-7-17(16)21(25(3,23)24)12-18(22)20-15-10-8-14(19)9-11-15/h4-11,13H,12H2,1-3H3,(H,20,22). The van der Waals surface area contributed by atoms with E-state index >= 15 is 0 Å². The molecule has 0 aromatic heterocycles. The van der Waals surface area contributed by atoms with E-state index in [-0.39, 0.29) is 12.5 Å². The molecule has 0 saturated heterocycles. The Kier molecular flexibility index (Phi) is 6.24. The molecule has 1 N–H and O–H groups in total. The first-order valence-electron chi connectivity index (χ1n) is 7.80. The van der Waals surface area contributed by atoms with Gasteiger partial charge in [0, 0.05) is 10.2 Å². The summed E-state index contributed by atoms with van der Waals surface area (Å²) in [6, 6.07) is 14.3. The zero-order valence-corrected chi connectivity index (χ0v) is 16.8. The summed E-state index contributed by atoms with van der Waals surface area (Å²) in [5.41, 5.74) is 2.02. The van der Waals surface area contributed by atoms with E-state index in [1.54, 1.807) is 36.4 Å². The molecular weight excluding hydrogens is 404 g/mol. The monoisotopic (exact) mass is 424 g/mol. The fourth-order valence-electron chi connectivity index (χ4n) is 2.45. The fourth-order valence-corrected chi connectivity index (χ4v) is 3.59. The molecule has 0 saturated carbocycles. The minimum Gasteiger partial charge on any atom is -0.325 e. The summed E-state index contributed by atoms with van der Waals surface area (Å²) < 4.78 is 26.6. The van der Waals surface area contributed by atoms with Gasteiger partial charge < -0.3 is 5.32 Å². The van der Waals surface area contributed by atoms with Gasteiger partial charge in [-0.3, -0.25) is 9.10 Å². The summed E-state index contributed by atoms with van der Waals surface area (Å²) >= 11 is 3.33. The van der Waals surface area contributed by atoms with Gasteiger partial charge in [-0.1, -0.05) is 48.0 Å². The zero-order valence-electron chi connectivity index (χ0n) is 14.4. The number of nitrogens with one attached hydrogen (secondary N) is 1. The molecule has 0 aliphatic heterocycles. The summed E-state index contributed by atoms with van der Waals surface area (Å²) in [5.74, 6) is -0.263. The van der Waals surface area contributed by atoms with Gasteiger partial charge in [0.15, 0.2) is 0 Å². The van der Waals surface area contributed by atoms with Crippen LogP contribution in [0.15, 0.2) is 53.0 Å². The Morgan fingerprint density at radius 3 is 2.28 bits per heavy atom. The highest BCUT2D eigenvalue weighted by molar-refractivity contribution is 9.10. The van der Waals surface area contributed by atoms with Gasteiger partial charge in [-0.15, -0.1) is 0 Å². The van der Waals surface area contributed by atoms with Crippen LogP contribution in [0.25, 0.3) is 0 Å². The number of carbonyl (C=O) groups excluding carboxylic acids is 1. The SMILES string of the molecule is CC(C)c1ccccc1N(CC(=O)Nc1ccc(Br)cc1)S(C)(=O)=O. The van der Waals surface area contributed by atoms with Crippen LogP contribution in [0.1, 0.15) is 25.3 Å². The van der Waals surface area contributed by atoms with Crippen LogP contribution >= 0.6 is 15.9 Å². The van der Waals surface area contributed by atoms with E-state index in [1.165, 1.54) is 0 Å². The van der Waals surface area contributed by atoms with E-state index in [9.17, 15) is 13.2 Å². The molecule has 2 aromatic carbocycles. The number of carbonyl (C=O) groups is 1. The topological polar surface area (TPSA) is 66.5 Å². The minimum absolute atomic E-state index is 0.134. The van der Waals surface area contributed by atoms with Crippen molar-refractivity contribution in [3.05, 3.63) is 58.6 Å². The van der Waals surface area contributed by atoms with Crippen molar-refractivity contribution in [3.8, 4) is 0 Å². The Labute approximate surface area is 157 Å². The summed E-state index contributed by atoms with van der Waals surface area (Å²) in [5, 5.41) is 2.72. The molecule has 1 amide bonds. The van der Waals surface area contributed by atoms with Crippen molar-refractivity contribution in [2.24, 2.45) is 0 Å². The van der Waals surface area contributed by atoms with Crippen LogP contribution in [0, 0.1) is 0 Å². The minimum atomic E-state index is -3.60. The second-order valence-electron chi connectivity index (χ2n) is 6.04. The maximum absolute atomic E-state index is 12.4. The van der Waals surface area contributed by atoms with Gasteiger partial charge in [0.2, 0.25) is 15.9 Å². The van der Waals surface area contributed by atoms with Crippen LogP contribution in [0.5, 0.6) is 0 Å². The van der Waals surface area contributed by atoms with Crippen molar-refractivity contribution in [3.63, 3.8) is 0 Å². The van der Waals surface area contributed by atoms with Crippen molar-refractivity contribution in [2.75, 3.05) is 22.4 Å². The molecule has 0 unspecified atom stereocenters. The first-order valence-corrected chi connectivity index (χ1v) is 10.4. The first-order chi connectivity index (χ1) is 11.7. The largest absolute Gasteiger partial charge is 0.325 e. The lowest BCUT2D eigenvalue weighted by molar-refractivity contribution is -0.114. The maximum Gasteiger partial charge on any atom is 0.245 e. The van der Waals surface area contributed by atoms with Crippen LogP contribution in [-0.2, 0) is 14.8 Å². The van der Waals surface area contributed by atoms with E-state index in [0.29, 0.717) is 11.4 Å². The predicted octanol–water partition coefficient (Wildman–Crippen LogP) is 3.98. The third kappa shape index (κ3) is 5.31. The molecule has 0 aliphatic rings. The van der Waals surface area contributed by atoms with Crippen molar-refractivity contribution in [1.82, 2.24) is 0 Å². The number of benzene rings is 2. The van der Waals surface area contributed by atoms with Crippen LogP contribution in [0.3, 0.4) is 0 Å². The third-order valence-corrected chi connectivity index (χ3v) is 5.30. The number of para-hydroxylation sites is 1. The summed E-state index contributed by atoms with van der Waals surface area (Å²) in [6.45, 7) is 3.70. The van der Waals surface area contributed by atoms with E-state index in [2.05, 4.69) is 21.2 Å². The Bertz CT molecular complexity index is 849. The molecule has 2 rings (SSSR count). The maximum atomic E-state index is 12.4. The Balaban J connectivity index is 2.28. The molecule has 7 heteroatoms. The number of amides is 1. The summed E-state index contributed by atoms with van der Waals surface area (Å²) in [7, 11) is -3.60. The number of sulfonamides is 1. The highest BCUT2D eigenvalue weighted by Gasteiger charge is 2.23. The highest BCUT2D eigenvalue weighted by atomic mass is 79.9. The Hall–Kier alpha value is -1.86. The molecular formula is C18H21BrN2O3S. The number of nitrogens with zero attached hydrogens (tertiary/aromatic N) is 1. The molecule has 0 bridgehead atoms.